The fourth-order valence-electron chi connectivity index (χ4n) is 2.76. The van der Waals surface area contributed by atoms with Crippen LogP contribution in [0.1, 0.15) is 15.9 Å². The molecule has 0 aliphatic carbocycles. The molecule has 1 fully saturated rings. The number of benzene rings is 2. The second-order valence-electron chi connectivity index (χ2n) is 6.39. The number of nitrogens with one attached hydrogen (secondary N) is 2. The minimum absolute atomic E-state index is 0.123. The Morgan fingerprint density at radius 3 is 2.32 bits per heavy atom. The average Bonchev–Trinajstić information content (AvgIpc) is 2.64. The molecule has 0 aromatic heterocycles. The normalized spacial score (nSPS) is 14.7. The van der Waals surface area contributed by atoms with Crippen molar-refractivity contribution in [3.05, 3.63) is 63.6 Å². The maximum absolute atomic E-state index is 12.6. The zero-order valence-corrected chi connectivity index (χ0v) is 16.7. The predicted molar refractivity (Wildman–Crippen MR) is 107 cm³/mol. The summed E-state index contributed by atoms with van der Waals surface area (Å²) in [6.07, 6.45) is 0.444. The van der Waals surface area contributed by atoms with Crippen LogP contribution in [0, 0.1) is 0 Å². The minimum Gasteiger partial charge on any atom is -0.488 e. The van der Waals surface area contributed by atoms with Crippen LogP contribution >= 0.6 is 23.2 Å². The Morgan fingerprint density at radius 2 is 1.79 bits per heavy atom. The molecular weight excluding hydrogens is 403 g/mol. The van der Waals surface area contributed by atoms with E-state index in [4.69, 9.17) is 32.7 Å². The van der Waals surface area contributed by atoms with Gasteiger partial charge >= 0.3 is 5.97 Å². The highest BCUT2D eigenvalue weighted by Crippen LogP contribution is 2.24. The number of hydrogen-bond donors (Lipinski definition) is 2. The van der Waals surface area contributed by atoms with Crippen LogP contribution in [-0.4, -0.2) is 44.2 Å². The minimum atomic E-state index is -0.882. The SMILES string of the molecule is COC(=O)[C@H](Cc1ccc(OC2CNC2)cc1)NC(=O)c1c(Cl)cccc1Cl. The van der Waals surface area contributed by atoms with Crippen LogP contribution in [0.3, 0.4) is 0 Å². The van der Waals surface area contributed by atoms with Crippen molar-refractivity contribution in [3.63, 3.8) is 0 Å². The Morgan fingerprint density at radius 1 is 1.14 bits per heavy atom. The van der Waals surface area contributed by atoms with Gasteiger partial charge in [-0.05, 0) is 29.8 Å². The molecule has 2 aromatic carbocycles. The lowest BCUT2D eigenvalue weighted by Gasteiger charge is -2.27. The first kappa shape index (κ1) is 20.5. The average molecular weight is 423 g/mol. The highest BCUT2D eigenvalue weighted by molar-refractivity contribution is 6.39. The fraction of sp³-hybridized carbons (Fsp3) is 0.300. The highest BCUT2D eigenvalue weighted by atomic mass is 35.5. The van der Waals surface area contributed by atoms with Gasteiger partial charge in [-0.3, -0.25) is 4.79 Å². The Balaban J connectivity index is 1.70. The van der Waals surface area contributed by atoms with Gasteiger partial charge in [-0.1, -0.05) is 41.4 Å². The molecule has 2 N–H and O–H groups in total. The third-order valence-corrected chi connectivity index (χ3v) is 5.02. The fourth-order valence-corrected chi connectivity index (χ4v) is 3.33. The molecule has 1 aliphatic rings. The van der Waals surface area contributed by atoms with E-state index in [2.05, 4.69) is 10.6 Å². The molecule has 0 saturated carbocycles. The molecule has 0 bridgehead atoms. The Labute approximate surface area is 173 Å². The van der Waals surface area contributed by atoms with Gasteiger partial charge in [0.15, 0.2) is 0 Å². The van der Waals surface area contributed by atoms with Crippen LogP contribution < -0.4 is 15.4 Å². The summed E-state index contributed by atoms with van der Waals surface area (Å²) in [5, 5.41) is 6.22. The van der Waals surface area contributed by atoms with Gasteiger partial charge < -0.3 is 20.1 Å². The second-order valence-corrected chi connectivity index (χ2v) is 7.21. The van der Waals surface area contributed by atoms with E-state index in [0.29, 0.717) is 0 Å². The standard InChI is InChI=1S/C20H20Cl2N2O4/c1-27-20(26)17(24-19(25)18-15(21)3-2-4-16(18)22)9-12-5-7-13(8-6-12)28-14-10-23-11-14/h2-8,14,17,23H,9-11H2,1H3,(H,24,25)/t17-/m0/s1. The largest absolute Gasteiger partial charge is 0.488 e. The molecule has 1 amide bonds. The van der Waals surface area contributed by atoms with Crippen molar-refractivity contribution >= 4 is 35.1 Å². The van der Waals surface area contributed by atoms with Gasteiger partial charge in [0.2, 0.25) is 0 Å². The lowest BCUT2D eigenvalue weighted by atomic mass is 10.0. The number of rotatable bonds is 7. The number of hydrogen-bond acceptors (Lipinski definition) is 5. The summed E-state index contributed by atoms with van der Waals surface area (Å²) < 4.78 is 10.6. The van der Waals surface area contributed by atoms with E-state index in [1.807, 2.05) is 24.3 Å². The quantitative estimate of drug-likeness (QED) is 0.670. The first-order valence-corrected chi connectivity index (χ1v) is 9.52. The molecule has 6 nitrogen and oxygen atoms in total. The van der Waals surface area contributed by atoms with Crippen molar-refractivity contribution in [1.29, 1.82) is 0 Å². The van der Waals surface area contributed by atoms with Crippen LogP contribution in [0.2, 0.25) is 10.0 Å². The van der Waals surface area contributed by atoms with E-state index in [9.17, 15) is 9.59 Å². The van der Waals surface area contributed by atoms with Gasteiger partial charge in [-0.2, -0.15) is 0 Å². The number of halogens is 2. The summed E-state index contributed by atoms with van der Waals surface area (Å²) in [7, 11) is 1.27. The van der Waals surface area contributed by atoms with E-state index < -0.39 is 17.9 Å². The number of ether oxygens (including phenoxy) is 2. The van der Waals surface area contributed by atoms with Crippen LogP contribution in [0.25, 0.3) is 0 Å². The zero-order valence-electron chi connectivity index (χ0n) is 15.2. The number of esters is 1. The maximum Gasteiger partial charge on any atom is 0.328 e. The molecule has 28 heavy (non-hydrogen) atoms. The molecule has 0 radical (unpaired) electrons. The molecule has 3 rings (SSSR count). The molecule has 1 aliphatic heterocycles. The lowest BCUT2D eigenvalue weighted by Crippen LogP contribution is -2.50. The number of methoxy groups -OCH3 is 1. The molecule has 1 atom stereocenters. The Kier molecular flexibility index (Phi) is 6.78. The molecule has 0 spiro atoms. The van der Waals surface area contributed by atoms with Crippen molar-refractivity contribution in [2.45, 2.75) is 18.6 Å². The molecule has 1 saturated heterocycles. The topological polar surface area (TPSA) is 76.7 Å². The summed E-state index contributed by atoms with van der Waals surface area (Å²) in [4.78, 5) is 24.8. The summed E-state index contributed by atoms with van der Waals surface area (Å²) in [5.41, 5.74) is 0.970. The molecule has 1 heterocycles. The maximum atomic E-state index is 12.6. The van der Waals surface area contributed by atoms with Crippen molar-refractivity contribution in [1.82, 2.24) is 10.6 Å². The number of carbonyl (C=O) groups excluding carboxylic acids is 2. The van der Waals surface area contributed by atoms with Gasteiger partial charge in [0.25, 0.3) is 5.91 Å². The van der Waals surface area contributed by atoms with Crippen molar-refractivity contribution in [3.8, 4) is 5.75 Å². The predicted octanol–water partition coefficient (Wildman–Crippen LogP) is 2.86. The smallest absolute Gasteiger partial charge is 0.328 e. The monoisotopic (exact) mass is 422 g/mol. The summed E-state index contributed by atoms with van der Waals surface area (Å²) >= 11 is 12.2. The lowest BCUT2D eigenvalue weighted by molar-refractivity contribution is -0.142. The van der Waals surface area contributed by atoms with Crippen LogP contribution in [-0.2, 0) is 16.0 Å². The first-order chi connectivity index (χ1) is 13.5. The van der Waals surface area contributed by atoms with Gasteiger partial charge in [0, 0.05) is 19.5 Å². The summed E-state index contributed by atoms with van der Waals surface area (Å²) in [6.45, 7) is 1.67. The molecule has 8 heteroatoms. The van der Waals surface area contributed by atoms with Crippen LogP contribution in [0.15, 0.2) is 42.5 Å². The van der Waals surface area contributed by atoms with Gasteiger partial charge in [0.05, 0.1) is 22.7 Å². The van der Waals surface area contributed by atoms with Crippen molar-refractivity contribution < 1.29 is 19.1 Å². The van der Waals surface area contributed by atoms with Crippen molar-refractivity contribution in [2.75, 3.05) is 20.2 Å². The van der Waals surface area contributed by atoms with Gasteiger partial charge in [-0.25, -0.2) is 4.79 Å². The van der Waals surface area contributed by atoms with Gasteiger partial charge in [-0.15, -0.1) is 0 Å². The Hall–Kier alpha value is -2.28. The zero-order chi connectivity index (χ0) is 20.1. The van der Waals surface area contributed by atoms with E-state index in [-0.39, 0.29) is 28.1 Å². The molecular formula is C20H20Cl2N2O4. The van der Waals surface area contributed by atoms with E-state index >= 15 is 0 Å². The summed E-state index contributed by atoms with van der Waals surface area (Å²) in [6, 6.07) is 11.3. The van der Waals surface area contributed by atoms with Crippen LogP contribution in [0.4, 0.5) is 0 Å². The molecule has 2 aromatic rings. The third-order valence-electron chi connectivity index (χ3n) is 4.39. The first-order valence-electron chi connectivity index (χ1n) is 8.77. The van der Waals surface area contributed by atoms with Gasteiger partial charge in [0.1, 0.15) is 17.9 Å². The van der Waals surface area contributed by atoms with Crippen LogP contribution in [0.5, 0.6) is 5.75 Å². The van der Waals surface area contributed by atoms with E-state index in [1.54, 1.807) is 18.2 Å². The number of carbonyl (C=O) groups is 2. The van der Waals surface area contributed by atoms with Crippen molar-refractivity contribution in [2.24, 2.45) is 0 Å². The summed E-state index contributed by atoms with van der Waals surface area (Å²) in [5.74, 6) is -0.336. The number of amides is 1. The second kappa shape index (κ2) is 9.28. The third kappa shape index (κ3) is 4.95. The van der Waals surface area contributed by atoms with E-state index in [1.165, 1.54) is 7.11 Å². The molecule has 0 unspecified atom stereocenters. The van der Waals surface area contributed by atoms with E-state index in [0.717, 1.165) is 24.4 Å². The highest BCUT2D eigenvalue weighted by Gasteiger charge is 2.25. The molecule has 148 valence electrons. The Bertz CT molecular complexity index is 834.